The molecule has 0 atom stereocenters. The Kier molecular flexibility index (Phi) is 10.2. The zero-order chi connectivity index (χ0) is 32.4. The molecule has 1 saturated heterocycles. The van der Waals surface area contributed by atoms with Crippen LogP contribution in [-0.4, -0.2) is 58.5 Å². The lowest BCUT2D eigenvalue weighted by Crippen LogP contribution is -2.43. The molecule has 1 aliphatic heterocycles. The van der Waals surface area contributed by atoms with Crippen LogP contribution in [0.5, 0.6) is 11.6 Å². The van der Waals surface area contributed by atoms with Crippen molar-refractivity contribution in [2.45, 2.75) is 83.9 Å². The van der Waals surface area contributed by atoms with Crippen molar-refractivity contribution in [2.75, 3.05) is 24.5 Å². The molecular formula is C31H37F6N3O4. The number of carboxylic acids is 1. The van der Waals surface area contributed by atoms with Crippen LogP contribution in [0.25, 0.3) is 0 Å². The van der Waals surface area contributed by atoms with Gasteiger partial charge in [-0.3, -0.25) is 9.69 Å². The van der Waals surface area contributed by atoms with E-state index in [1.165, 1.54) is 9.80 Å². The van der Waals surface area contributed by atoms with Crippen LogP contribution in [0.15, 0.2) is 24.4 Å². The number of amides is 1. The molecule has 44 heavy (non-hydrogen) atoms. The van der Waals surface area contributed by atoms with E-state index in [0.717, 1.165) is 37.2 Å². The van der Waals surface area contributed by atoms with Gasteiger partial charge in [-0.05, 0) is 76.5 Å². The molecule has 0 bridgehead atoms. The Labute approximate surface area is 252 Å². The van der Waals surface area contributed by atoms with E-state index >= 15 is 4.39 Å². The molecule has 0 unspecified atom stereocenters. The average Bonchev–Trinajstić information content (AvgIpc) is 2.92. The van der Waals surface area contributed by atoms with Crippen molar-refractivity contribution in [1.29, 1.82) is 0 Å². The van der Waals surface area contributed by atoms with Crippen LogP contribution in [0, 0.1) is 17.7 Å². The number of alkyl halides is 5. The van der Waals surface area contributed by atoms with Crippen LogP contribution in [0.4, 0.5) is 32.0 Å². The smallest absolute Gasteiger partial charge is 0.421 e. The number of piperidine rings is 1. The normalized spacial score (nSPS) is 20.9. The number of anilines is 1. The van der Waals surface area contributed by atoms with Gasteiger partial charge in [0.05, 0.1) is 17.8 Å². The van der Waals surface area contributed by atoms with Crippen LogP contribution in [0.2, 0.25) is 0 Å². The van der Waals surface area contributed by atoms with Crippen LogP contribution in [-0.2, 0) is 17.4 Å². The second-order valence-electron chi connectivity index (χ2n) is 12.1. The van der Waals surface area contributed by atoms with Gasteiger partial charge < -0.3 is 14.7 Å². The van der Waals surface area contributed by atoms with Crippen molar-refractivity contribution >= 4 is 17.6 Å². The van der Waals surface area contributed by atoms with E-state index in [1.807, 2.05) is 0 Å². The first kappa shape index (κ1) is 33.5. The quantitative estimate of drug-likeness (QED) is 0.288. The highest BCUT2D eigenvalue weighted by Crippen LogP contribution is 2.40. The highest BCUT2D eigenvalue weighted by molar-refractivity contribution is 6.03. The van der Waals surface area contributed by atoms with E-state index in [9.17, 15) is 36.6 Å². The van der Waals surface area contributed by atoms with Crippen molar-refractivity contribution in [2.24, 2.45) is 11.8 Å². The molecule has 2 aromatic rings. The molecule has 242 valence electrons. The van der Waals surface area contributed by atoms with E-state index in [1.54, 1.807) is 13.8 Å². The summed E-state index contributed by atoms with van der Waals surface area (Å²) in [6.45, 7) is 5.43. The van der Waals surface area contributed by atoms with E-state index < -0.39 is 59.2 Å². The molecule has 7 nitrogen and oxygen atoms in total. The lowest BCUT2D eigenvalue weighted by atomic mass is 9.82. The van der Waals surface area contributed by atoms with Crippen LogP contribution < -0.4 is 9.64 Å². The Balaban J connectivity index is 1.61. The molecule has 1 aromatic carbocycles. The van der Waals surface area contributed by atoms with Gasteiger partial charge in [0, 0.05) is 43.3 Å². The number of rotatable bonds is 9. The molecule has 2 fully saturated rings. The van der Waals surface area contributed by atoms with Crippen molar-refractivity contribution < 1.29 is 45.8 Å². The fraction of sp³-hybridized carbons (Fsp3) is 0.581. The number of aromatic nitrogens is 1. The maximum Gasteiger partial charge on any atom is 0.421 e. The molecule has 13 heteroatoms. The van der Waals surface area contributed by atoms with Gasteiger partial charge in [-0.25, -0.2) is 22.9 Å². The first-order valence-electron chi connectivity index (χ1n) is 14.8. The number of carbonyl (C=O) groups excluding carboxylic acids is 1. The summed E-state index contributed by atoms with van der Waals surface area (Å²) in [4.78, 5) is 32.2. The minimum Gasteiger partial charge on any atom is -0.478 e. The summed E-state index contributed by atoms with van der Waals surface area (Å²) in [6.07, 6.45) is -0.948. The number of carboxylic acid groups (broad SMARTS) is 1. The Morgan fingerprint density at radius 3 is 2.43 bits per heavy atom. The number of hydrogen-bond acceptors (Lipinski definition) is 5. The van der Waals surface area contributed by atoms with Crippen molar-refractivity contribution in [3.05, 3.63) is 46.9 Å². The first-order valence-corrected chi connectivity index (χ1v) is 14.8. The molecule has 1 saturated carbocycles. The molecular weight excluding hydrogens is 592 g/mol. The summed E-state index contributed by atoms with van der Waals surface area (Å²) >= 11 is 0. The standard InChI is InChI=1S/C31H37F6N3O4/c1-18(2)40(28(41)21-7-5-19(3)6-8-21)25-15-24(32)26(14-22(25)29(42)43)44-27-23(31(35,36)37)13-20(16-38-27)9-12-39-11-4-10-30(33,34)17-39/h13-16,18-19,21H,4-12,17H2,1-3H3,(H,42,43)/t19-,21-. The van der Waals surface area contributed by atoms with Gasteiger partial charge in [0.2, 0.25) is 11.8 Å². The fourth-order valence-corrected chi connectivity index (χ4v) is 5.89. The number of ether oxygens (including phenoxy) is 1. The second-order valence-corrected chi connectivity index (χ2v) is 12.1. The molecule has 4 rings (SSSR count). The Bertz CT molecular complexity index is 1360. The number of halogens is 6. The zero-order valence-corrected chi connectivity index (χ0v) is 24.9. The van der Waals surface area contributed by atoms with Gasteiger partial charge >= 0.3 is 12.1 Å². The number of aromatic carboxylic acids is 1. The highest BCUT2D eigenvalue weighted by atomic mass is 19.4. The number of nitrogens with zero attached hydrogens (tertiary/aromatic N) is 3. The predicted molar refractivity (Wildman–Crippen MR) is 151 cm³/mol. The minimum absolute atomic E-state index is 0.0115. The third-order valence-electron chi connectivity index (χ3n) is 8.27. The number of benzene rings is 1. The molecule has 2 aliphatic rings. The van der Waals surface area contributed by atoms with E-state index in [-0.39, 0.29) is 48.9 Å². The summed E-state index contributed by atoms with van der Waals surface area (Å²) < 4.78 is 90.2. The Morgan fingerprint density at radius 1 is 1.16 bits per heavy atom. The summed E-state index contributed by atoms with van der Waals surface area (Å²) in [5.41, 5.74) is -1.95. The van der Waals surface area contributed by atoms with E-state index in [2.05, 4.69) is 11.9 Å². The van der Waals surface area contributed by atoms with Gasteiger partial charge in [0.25, 0.3) is 5.92 Å². The molecule has 2 heterocycles. The number of pyridine rings is 1. The third-order valence-corrected chi connectivity index (χ3v) is 8.27. The summed E-state index contributed by atoms with van der Waals surface area (Å²) in [5.74, 6) is -7.61. The number of hydrogen-bond donors (Lipinski definition) is 1. The van der Waals surface area contributed by atoms with Crippen LogP contribution in [0.3, 0.4) is 0 Å². The maximum absolute atomic E-state index is 15.4. The second kappa shape index (κ2) is 13.3. The predicted octanol–water partition coefficient (Wildman–Crippen LogP) is 7.57. The molecule has 0 spiro atoms. The van der Waals surface area contributed by atoms with Gasteiger partial charge in [0.1, 0.15) is 5.56 Å². The highest BCUT2D eigenvalue weighted by Gasteiger charge is 2.38. The summed E-state index contributed by atoms with van der Waals surface area (Å²) in [6, 6.07) is 1.77. The van der Waals surface area contributed by atoms with Crippen LogP contribution in [0.1, 0.15) is 80.8 Å². The molecule has 0 radical (unpaired) electrons. The Hall–Kier alpha value is -3.35. The summed E-state index contributed by atoms with van der Waals surface area (Å²) in [7, 11) is 0. The largest absolute Gasteiger partial charge is 0.478 e. The monoisotopic (exact) mass is 629 g/mol. The topological polar surface area (TPSA) is 83.0 Å². The zero-order valence-electron chi connectivity index (χ0n) is 24.9. The average molecular weight is 630 g/mol. The summed E-state index contributed by atoms with van der Waals surface area (Å²) in [5, 5.41) is 9.96. The van der Waals surface area contributed by atoms with Crippen LogP contribution >= 0.6 is 0 Å². The first-order chi connectivity index (χ1) is 20.6. The number of likely N-dealkylation sites (tertiary alicyclic amines) is 1. The SMILES string of the molecule is CC(C)N(c1cc(F)c(Oc2ncc(CCN3CCCC(F)(F)C3)cc2C(F)(F)F)cc1C(=O)O)C(=O)[C@H]1CC[C@H](C)CC1. The van der Waals surface area contributed by atoms with Crippen molar-refractivity contribution in [3.63, 3.8) is 0 Å². The number of carbonyl (C=O) groups is 2. The van der Waals surface area contributed by atoms with E-state index in [4.69, 9.17) is 4.74 Å². The minimum atomic E-state index is -4.97. The molecule has 1 amide bonds. The van der Waals surface area contributed by atoms with Gasteiger partial charge in [-0.1, -0.05) is 6.92 Å². The van der Waals surface area contributed by atoms with Crippen molar-refractivity contribution in [1.82, 2.24) is 9.88 Å². The Morgan fingerprint density at radius 2 is 1.84 bits per heavy atom. The van der Waals surface area contributed by atoms with Gasteiger partial charge in [-0.15, -0.1) is 0 Å². The lowest BCUT2D eigenvalue weighted by Gasteiger charge is -2.34. The third kappa shape index (κ3) is 8.02. The van der Waals surface area contributed by atoms with E-state index in [0.29, 0.717) is 25.3 Å². The van der Waals surface area contributed by atoms with Gasteiger partial charge in [-0.2, -0.15) is 13.2 Å². The van der Waals surface area contributed by atoms with Crippen molar-refractivity contribution in [3.8, 4) is 11.6 Å². The molecule has 1 aromatic heterocycles. The molecule has 1 N–H and O–H groups in total. The van der Waals surface area contributed by atoms with Gasteiger partial charge in [0.15, 0.2) is 11.6 Å². The molecule has 1 aliphatic carbocycles. The lowest BCUT2D eigenvalue weighted by molar-refractivity contribution is -0.139. The maximum atomic E-state index is 15.4. The fourth-order valence-electron chi connectivity index (χ4n) is 5.89.